The third kappa shape index (κ3) is 1.37. The number of fused-ring (bicyclic) bond motifs is 5. The molecule has 2 bridgehead atoms. The summed E-state index contributed by atoms with van der Waals surface area (Å²) in [6.45, 7) is 8.98. The molecule has 0 amide bonds. The van der Waals surface area contributed by atoms with Gasteiger partial charge in [-0.15, -0.1) is 0 Å². The second-order valence-electron chi connectivity index (χ2n) is 7.08. The molecule has 1 aliphatic heterocycles. The van der Waals surface area contributed by atoms with E-state index in [0.29, 0.717) is 17.4 Å². The molecular weight excluding hydrogens is 226 g/mol. The highest BCUT2D eigenvalue weighted by atomic mass is 16.7. The van der Waals surface area contributed by atoms with Crippen molar-refractivity contribution in [2.75, 3.05) is 0 Å². The van der Waals surface area contributed by atoms with Gasteiger partial charge in [0.2, 0.25) is 0 Å². The quantitative estimate of drug-likeness (QED) is 0.755. The minimum absolute atomic E-state index is 0.161. The standard InChI is InChI=1S/C15H23NO2/c1-9(8-16)17-12-7-10-11-5-6-15(4,13(10)18-12)14(11,2)3/h9-13H,5-7H2,1-4H3/t9-,10-,11+,12-,13-,15-/m0/s1. The summed E-state index contributed by atoms with van der Waals surface area (Å²) in [5, 5.41) is 8.82. The molecule has 0 aromatic rings. The maximum absolute atomic E-state index is 8.82. The predicted octanol–water partition coefficient (Wildman–Crippen LogP) is 3.10. The second-order valence-corrected chi connectivity index (χ2v) is 7.08. The maximum Gasteiger partial charge on any atom is 0.160 e. The third-order valence-corrected chi connectivity index (χ3v) is 6.21. The number of hydrogen-bond donors (Lipinski definition) is 0. The number of rotatable bonds is 2. The van der Waals surface area contributed by atoms with Crippen molar-refractivity contribution < 1.29 is 9.47 Å². The van der Waals surface area contributed by atoms with Crippen LogP contribution in [0.5, 0.6) is 0 Å². The summed E-state index contributed by atoms with van der Waals surface area (Å²) in [6, 6.07) is 2.12. The lowest BCUT2D eigenvalue weighted by Crippen LogP contribution is -2.38. The molecule has 2 saturated carbocycles. The van der Waals surface area contributed by atoms with E-state index < -0.39 is 0 Å². The Labute approximate surface area is 109 Å². The highest BCUT2D eigenvalue weighted by Gasteiger charge is 2.69. The van der Waals surface area contributed by atoms with Crippen LogP contribution in [0.15, 0.2) is 0 Å². The summed E-state index contributed by atoms with van der Waals surface area (Å²) in [6.07, 6.45) is 3.38. The summed E-state index contributed by atoms with van der Waals surface area (Å²) < 4.78 is 11.8. The largest absolute Gasteiger partial charge is 0.348 e. The molecule has 3 heteroatoms. The van der Waals surface area contributed by atoms with Crippen LogP contribution in [-0.2, 0) is 9.47 Å². The monoisotopic (exact) mass is 249 g/mol. The Kier molecular flexibility index (Phi) is 2.56. The molecule has 0 aromatic heterocycles. The smallest absolute Gasteiger partial charge is 0.160 e. The summed E-state index contributed by atoms with van der Waals surface area (Å²) in [5.41, 5.74) is 0.671. The lowest BCUT2D eigenvalue weighted by molar-refractivity contribution is -0.173. The number of ether oxygens (including phenoxy) is 2. The second kappa shape index (κ2) is 3.71. The van der Waals surface area contributed by atoms with Gasteiger partial charge in [-0.25, -0.2) is 0 Å². The Morgan fingerprint density at radius 2 is 2.11 bits per heavy atom. The molecule has 0 aromatic carbocycles. The highest BCUT2D eigenvalue weighted by Crippen LogP contribution is 2.71. The van der Waals surface area contributed by atoms with Crippen LogP contribution in [-0.4, -0.2) is 18.5 Å². The van der Waals surface area contributed by atoms with Gasteiger partial charge in [0.15, 0.2) is 6.29 Å². The van der Waals surface area contributed by atoms with E-state index >= 15 is 0 Å². The zero-order valence-electron chi connectivity index (χ0n) is 11.8. The molecule has 3 fully saturated rings. The van der Waals surface area contributed by atoms with Crippen molar-refractivity contribution in [2.45, 2.75) is 65.5 Å². The number of nitriles is 1. The zero-order valence-corrected chi connectivity index (χ0v) is 11.8. The molecule has 0 unspecified atom stereocenters. The summed E-state index contributed by atoms with van der Waals surface area (Å²) in [4.78, 5) is 0. The predicted molar refractivity (Wildman–Crippen MR) is 67.5 cm³/mol. The third-order valence-electron chi connectivity index (χ3n) is 6.21. The molecule has 100 valence electrons. The fourth-order valence-electron chi connectivity index (χ4n) is 4.83. The van der Waals surface area contributed by atoms with E-state index in [9.17, 15) is 0 Å². The molecule has 18 heavy (non-hydrogen) atoms. The summed E-state index contributed by atoms with van der Waals surface area (Å²) in [7, 11) is 0. The summed E-state index contributed by atoms with van der Waals surface area (Å²) >= 11 is 0. The van der Waals surface area contributed by atoms with Gasteiger partial charge in [0.25, 0.3) is 0 Å². The van der Waals surface area contributed by atoms with Crippen LogP contribution in [0.2, 0.25) is 0 Å². The Morgan fingerprint density at radius 3 is 2.72 bits per heavy atom. The van der Waals surface area contributed by atoms with Gasteiger partial charge in [0, 0.05) is 6.42 Å². The average Bonchev–Trinajstić information content (AvgIpc) is 2.85. The van der Waals surface area contributed by atoms with Crippen molar-refractivity contribution >= 4 is 0 Å². The molecule has 0 radical (unpaired) electrons. The van der Waals surface area contributed by atoms with Gasteiger partial charge >= 0.3 is 0 Å². The zero-order chi connectivity index (χ0) is 13.1. The molecular formula is C15H23NO2. The lowest BCUT2D eigenvalue weighted by Gasteiger charge is -2.38. The minimum Gasteiger partial charge on any atom is -0.348 e. The van der Waals surface area contributed by atoms with E-state index in [4.69, 9.17) is 14.7 Å². The maximum atomic E-state index is 8.82. The van der Waals surface area contributed by atoms with Crippen molar-refractivity contribution in [3.05, 3.63) is 0 Å². The average molecular weight is 249 g/mol. The Morgan fingerprint density at radius 1 is 1.39 bits per heavy atom. The van der Waals surface area contributed by atoms with Crippen molar-refractivity contribution in [1.82, 2.24) is 0 Å². The van der Waals surface area contributed by atoms with Gasteiger partial charge < -0.3 is 9.47 Å². The van der Waals surface area contributed by atoms with Gasteiger partial charge in [-0.1, -0.05) is 20.8 Å². The molecule has 3 rings (SSSR count). The normalized spacial score (nSPS) is 49.9. The molecule has 2 aliphatic carbocycles. The van der Waals surface area contributed by atoms with Crippen LogP contribution in [0.4, 0.5) is 0 Å². The number of nitrogens with zero attached hydrogens (tertiary/aromatic N) is 1. The fourth-order valence-corrected chi connectivity index (χ4v) is 4.83. The topological polar surface area (TPSA) is 42.2 Å². The van der Waals surface area contributed by atoms with Crippen LogP contribution >= 0.6 is 0 Å². The van der Waals surface area contributed by atoms with Crippen molar-refractivity contribution in [3.63, 3.8) is 0 Å². The SMILES string of the molecule is C[C@@H](C#N)O[C@@H]1C[C@H]2[C@H]3CC[C@@](C)([C@H]2O1)C3(C)C. The van der Waals surface area contributed by atoms with E-state index in [2.05, 4.69) is 26.8 Å². The summed E-state index contributed by atoms with van der Waals surface area (Å²) in [5.74, 6) is 1.40. The Bertz CT molecular complexity index is 400. The van der Waals surface area contributed by atoms with Gasteiger partial charge in [0.05, 0.1) is 12.2 Å². The van der Waals surface area contributed by atoms with Gasteiger partial charge in [0.1, 0.15) is 6.10 Å². The van der Waals surface area contributed by atoms with Crippen LogP contribution in [0.3, 0.4) is 0 Å². The van der Waals surface area contributed by atoms with Crippen LogP contribution in [0.25, 0.3) is 0 Å². The van der Waals surface area contributed by atoms with Gasteiger partial charge in [-0.3, -0.25) is 0 Å². The molecule has 1 saturated heterocycles. The van der Waals surface area contributed by atoms with E-state index in [1.54, 1.807) is 6.92 Å². The first kappa shape index (κ1) is 12.4. The molecule has 1 heterocycles. The fraction of sp³-hybridized carbons (Fsp3) is 0.933. The van der Waals surface area contributed by atoms with Gasteiger partial charge in [-0.05, 0) is 42.4 Å². The minimum atomic E-state index is -0.368. The van der Waals surface area contributed by atoms with E-state index in [-0.39, 0.29) is 17.8 Å². The number of hydrogen-bond acceptors (Lipinski definition) is 3. The first-order chi connectivity index (χ1) is 8.40. The molecule has 6 atom stereocenters. The van der Waals surface area contributed by atoms with Crippen molar-refractivity contribution in [3.8, 4) is 6.07 Å². The van der Waals surface area contributed by atoms with E-state index in [0.717, 1.165) is 12.3 Å². The van der Waals surface area contributed by atoms with Crippen molar-refractivity contribution in [1.29, 1.82) is 5.26 Å². The lowest BCUT2D eigenvalue weighted by atomic mass is 9.70. The van der Waals surface area contributed by atoms with Crippen LogP contribution < -0.4 is 0 Å². The van der Waals surface area contributed by atoms with Crippen molar-refractivity contribution in [2.24, 2.45) is 22.7 Å². The van der Waals surface area contributed by atoms with Gasteiger partial charge in [-0.2, -0.15) is 5.26 Å². The Hall–Kier alpha value is -0.590. The molecule has 0 N–H and O–H groups in total. The first-order valence-electron chi connectivity index (χ1n) is 7.10. The van der Waals surface area contributed by atoms with Crippen LogP contribution in [0, 0.1) is 34.0 Å². The molecule has 3 nitrogen and oxygen atoms in total. The van der Waals surface area contributed by atoms with E-state index in [1.807, 2.05) is 0 Å². The molecule has 0 spiro atoms. The van der Waals surface area contributed by atoms with E-state index in [1.165, 1.54) is 12.8 Å². The first-order valence-corrected chi connectivity index (χ1v) is 7.10. The Balaban J connectivity index is 1.77. The highest BCUT2D eigenvalue weighted by molar-refractivity contribution is 5.16. The molecule has 3 aliphatic rings. The van der Waals surface area contributed by atoms with Crippen LogP contribution in [0.1, 0.15) is 47.0 Å².